The van der Waals surface area contributed by atoms with Gasteiger partial charge < -0.3 is 20.3 Å². The molecule has 12 heavy (non-hydrogen) atoms. The van der Waals surface area contributed by atoms with Crippen LogP contribution in [0.1, 0.15) is 12.8 Å². The Hall–Kier alpha value is -0.160. The highest BCUT2D eigenvalue weighted by molar-refractivity contribution is 4.90. The number of rotatable bonds is 3. The van der Waals surface area contributed by atoms with Gasteiger partial charge in [-0.3, -0.25) is 0 Å². The van der Waals surface area contributed by atoms with Crippen LogP contribution < -0.4 is 5.73 Å². The van der Waals surface area contributed by atoms with Gasteiger partial charge in [-0.2, -0.15) is 0 Å². The van der Waals surface area contributed by atoms with Crippen LogP contribution in [0.3, 0.4) is 0 Å². The first-order chi connectivity index (χ1) is 5.73. The Kier molecular flexibility index (Phi) is 3.46. The lowest BCUT2D eigenvalue weighted by Crippen LogP contribution is -2.51. The van der Waals surface area contributed by atoms with Gasteiger partial charge in [0.25, 0.3) is 0 Å². The molecular formula is C8H17NO3. The summed E-state index contributed by atoms with van der Waals surface area (Å²) in [7, 11) is 1.58. The molecule has 1 rings (SSSR count). The van der Waals surface area contributed by atoms with E-state index in [-0.39, 0.29) is 6.10 Å². The molecule has 0 aromatic rings. The van der Waals surface area contributed by atoms with E-state index in [4.69, 9.17) is 15.2 Å². The Bertz CT molecular complexity index is 138. The fourth-order valence-electron chi connectivity index (χ4n) is 1.58. The average molecular weight is 175 g/mol. The normalized spacial score (nSPS) is 36.8. The van der Waals surface area contributed by atoms with Crippen molar-refractivity contribution >= 4 is 0 Å². The lowest BCUT2D eigenvalue weighted by Gasteiger charge is -2.38. The summed E-state index contributed by atoms with van der Waals surface area (Å²) in [6.07, 6.45) is 0.965. The van der Waals surface area contributed by atoms with Crippen molar-refractivity contribution in [3.8, 4) is 0 Å². The van der Waals surface area contributed by atoms with Gasteiger partial charge in [0.15, 0.2) is 0 Å². The van der Waals surface area contributed by atoms with Gasteiger partial charge in [-0.25, -0.2) is 0 Å². The summed E-state index contributed by atoms with van der Waals surface area (Å²) in [6.45, 7) is 1.54. The van der Waals surface area contributed by atoms with Crippen LogP contribution in [0.25, 0.3) is 0 Å². The molecule has 1 aliphatic rings. The maximum Gasteiger partial charge on any atom is 0.109 e. The third kappa shape index (κ3) is 1.95. The van der Waals surface area contributed by atoms with Crippen LogP contribution in [0.5, 0.6) is 0 Å². The van der Waals surface area contributed by atoms with Crippen molar-refractivity contribution in [2.24, 2.45) is 5.73 Å². The molecule has 1 heterocycles. The van der Waals surface area contributed by atoms with E-state index in [0.717, 1.165) is 0 Å². The van der Waals surface area contributed by atoms with E-state index in [9.17, 15) is 5.11 Å². The van der Waals surface area contributed by atoms with Gasteiger partial charge in [0.1, 0.15) is 6.10 Å². The molecule has 2 unspecified atom stereocenters. The molecule has 0 radical (unpaired) electrons. The monoisotopic (exact) mass is 175 g/mol. The van der Waals surface area contributed by atoms with E-state index in [0.29, 0.717) is 32.6 Å². The van der Waals surface area contributed by atoms with E-state index >= 15 is 0 Å². The zero-order valence-corrected chi connectivity index (χ0v) is 7.45. The predicted octanol–water partition coefficient (Wildman–Crippen LogP) is -0.498. The molecule has 0 aromatic heterocycles. The smallest absolute Gasteiger partial charge is 0.109 e. The molecule has 0 saturated carbocycles. The molecule has 2 atom stereocenters. The predicted molar refractivity (Wildman–Crippen MR) is 44.9 cm³/mol. The topological polar surface area (TPSA) is 64.7 Å². The second kappa shape index (κ2) is 4.18. The Labute approximate surface area is 72.6 Å². The van der Waals surface area contributed by atoms with Crippen LogP contribution in [-0.2, 0) is 9.47 Å². The van der Waals surface area contributed by atoms with Crippen molar-refractivity contribution in [3.63, 3.8) is 0 Å². The van der Waals surface area contributed by atoms with Crippen molar-refractivity contribution in [2.45, 2.75) is 24.5 Å². The highest BCUT2D eigenvalue weighted by Gasteiger charge is 2.38. The largest absolute Gasteiger partial charge is 0.387 e. The number of aliphatic hydroxyl groups is 1. The number of methoxy groups -OCH3 is 1. The zero-order valence-electron chi connectivity index (χ0n) is 7.45. The standard InChI is InChI=1S/C8H17NO3/c1-11-7-6-12-5-3-8(7,10)2-4-9/h7,10H,2-6,9H2,1H3. The Morgan fingerprint density at radius 2 is 2.50 bits per heavy atom. The van der Waals surface area contributed by atoms with Crippen molar-refractivity contribution in [1.29, 1.82) is 0 Å². The third-order valence-corrected chi connectivity index (χ3v) is 2.41. The van der Waals surface area contributed by atoms with Crippen LogP contribution in [0.4, 0.5) is 0 Å². The SMILES string of the molecule is COC1COCCC1(O)CCN. The maximum absolute atomic E-state index is 10.0. The molecule has 1 aliphatic heterocycles. The summed E-state index contributed by atoms with van der Waals surface area (Å²) in [5.74, 6) is 0. The highest BCUT2D eigenvalue weighted by Crippen LogP contribution is 2.25. The number of hydrogen-bond acceptors (Lipinski definition) is 4. The summed E-state index contributed by atoms with van der Waals surface area (Å²) in [5.41, 5.74) is 4.63. The van der Waals surface area contributed by atoms with Gasteiger partial charge >= 0.3 is 0 Å². The van der Waals surface area contributed by atoms with E-state index in [1.807, 2.05) is 0 Å². The molecule has 4 nitrogen and oxygen atoms in total. The number of hydrogen-bond donors (Lipinski definition) is 2. The van der Waals surface area contributed by atoms with E-state index in [1.54, 1.807) is 7.11 Å². The average Bonchev–Trinajstić information content (AvgIpc) is 2.05. The number of ether oxygens (including phenoxy) is 2. The van der Waals surface area contributed by atoms with Gasteiger partial charge in [-0.15, -0.1) is 0 Å². The minimum Gasteiger partial charge on any atom is -0.387 e. The second-order valence-electron chi connectivity index (χ2n) is 3.19. The van der Waals surface area contributed by atoms with Gasteiger partial charge in [-0.1, -0.05) is 0 Å². The quantitative estimate of drug-likeness (QED) is 0.607. The molecule has 0 aromatic carbocycles. The molecule has 0 spiro atoms. The fourth-order valence-corrected chi connectivity index (χ4v) is 1.58. The molecule has 0 bridgehead atoms. The van der Waals surface area contributed by atoms with Crippen molar-refractivity contribution in [3.05, 3.63) is 0 Å². The molecule has 0 aliphatic carbocycles. The molecule has 3 N–H and O–H groups in total. The Balaban J connectivity index is 2.55. The van der Waals surface area contributed by atoms with Crippen LogP contribution in [-0.4, -0.2) is 43.7 Å². The van der Waals surface area contributed by atoms with Gasteiger partial charge in [0, 0.05) is 20.1 Å². The van der Waals surface area contributed by atoms with Crippen molar-refractivity contribution < 1.29 is 14.6 Å². The minimum atomic E-state index is -0.776. The molecule has 72 valence electrons. The van der Waals surface area contributed by atoms with E-state index in [2.05, 4.69) is 0 Å². The summed E-state index contributed by atoms with van der Waals surface area (Å²) < 4.78 is 10.3. The van der Waals surface area contributed by atoms with E-state index in [1.165, 1.54) is 0 Å². The molecule has 0 amide bonds. The van der Waals surface area contributed by atoms with Crippen LogP contribution >= 0.6 is 0 Å². The number of nitrogens with two attached hydrogens (primary N) is 1. The summed E-state index contributed by atoms with van der Waals surface area (Å²) in [4.78, 5) is 0. The fraction of sp³-hybridized carbons (Fsp3) is 1.00. The molecule has 4 heteroatoms. The Morgan fingerprint density at radius 1 is 1.75 bits per heavy atom. The van der Waals surface area contributed by atoms with Gasteiger partial charge in [-0.05, 0) is 13.0 Å². The van der Waals surface area contributed by atoms with Gasteiger partial charge in [0.05, 0.1) is 12.2 Å². The second-order valence-corrected chi connectivity index (χ2v) is 3.19. The lowest BCUT2D eigenvalue weighted by molar-refractivity contribution is -0.166. The van der Waals surface area contributed by atoms with Gasteiger partial charge in [0.2, 0.25) is 0 Å². The first-order valence-corrected chi connectivity index (χ1v) is 4.26. The third-order valence-electron chi connectivity index (χ3n) is 2.41. The zero-order chi connectivity index (χ0) is 9.03. The molecular weight excluding hydrogens is 158 g/mol. The maximum atomic E-state index is 10.0. The van der Waals surface area contributed by atoms with E-state index < -0.39 is 5.60 Å². The van der Waals surface area contributed by atoms with Crippen LogP contribution in [0.2, 0.25) is 0 Å². The van der Waals surface area contributed by atoms with Crippen molar-refractivity contribution in [2.75, 3.05) is 26.9 Å². The lowest BCUT2D eigenvalue weighted by atomic mass is 9.88. The summed E-state index contributed by atoms with van der Waals surface area (Å²) >= 11 is 0. The first-order valence-electron chi connectivity index (χ1n) is 4.26. The molecule has 1 fully saturated rings. The summed E-state index contributed by atoms with van der Waals surface area (Å²) in [5, 5.41) is 10.0. The van der Waals surface area contributed by atoms with Crippen molar-refractivity contribution in [1.82, 2.24) is 0 Å². The Morgan fingerprint density at radius 3 is 3.08 bits per heavy atom. The first kappa shape index (κ1) is 9.92. The minimum absolute atomic E-state index is 0.227. The summed E-state index contributed by atoms with van der Waals surface area (Å²) in [6, 6.07) is 0. The molecule has 1 saturated heterocycles. The van der Waals surface area contributed by atoms with Crippen LogP contribution in [0, 0.1) is 0 Å². The van der Waals surface area contributed by atoms with Crippen LogP contribution in [0.15, 0.2) is 0 Å². The highest BCUT2D eigenvalue weighted by atomic mass is 16.5.